The summed E-state index contributed by atoms with van der Waals surface area (Å²) in [5.74, 6) is 0.0749. The zero-order valence-electron chi connectivity index (χ0n) is 11.7. The van der Waals surface area contributed by atoms with E-state index in [0.717, 1.165) is 12.8 Å². The zero-order valence-corrected chi connectivity index (χ0v) is 12.4. The van der Waals surface area contributed by atoms with Gasteiger partial charge in [0.1, 0.15) is 11.1 Å². The molecule has 6 nitrogen and oxygen atoms in total. The monoisotopic (exact) mass is 314 g/mol. The number of amides is 1. The number of ether oxygens (including phenoxy) is 2. The van der Waals surface area contributed by atoms with Gasteiger partial charge in [-0.25, -0.2) is 4.98 Å². The van der Waals surface area contributed by atoms with Crippen LogP contribution in [0.1, 0.15) is 29.6 Å². The van der Waals surface area contributed by atoms with Gasteiger partial charge >= 0.3 is 0 Å². The Kier molecular flexibility index (Phi) is 6.22. The molecule has 0 bridgehead atoms. The minimum absolute atomic E-state index is 0.0389. The molecular formula is C14H19ClN2O4. The topological polar surface area (TPSA) is 80.7 Å². The molecule has 0 unspecified atom stereocenters. The summed E-state index contributed by atoms with van der Waals surface area (Å²) in [7, 11) is 0. The summed E-state index contributed by atoms with van der Waals surface area (Å²) in [6, 6.07) is 1.54. The Morgan fingerprint density at radius 2 is 2.29 bits per heavy atom. The lowest BCUT2D eigenvalue weighted by Gasteiger charge is -2.23. The van der Waals surface area contributed by atoms with Crippen LogP contribution in [-0.4, -0.2) is 48.5 Å². The van der Waals surface area contributed by atoms with E-state index in [-0.39, 0.29) is 18.6 Å². The molecule has 1 aromatic heterocycles. The van der Waals surface area contributed by atoms with Crippen molar-refractivity contribution in [3.05, 3.63) is 22.8 Å². The molecule has 1 aliphatic rings. The summed E-state index contributed by atoms with van der Waals surface area (Å²) in [6.07, 6.45) is 3.61. The summed E-state index contributed by atoms with van der Waals surface area (Å²) in [4.78, 5) is 15.9. The first-order chi connectivity index (χ1) is 10.2. The van der Waals surface area contributed by atoms with Gasteiger partial charge in [0.25, 0.3) is 5.91 Å². The first-order valence-electron chi connectivity index (χ1n) is 6.99. The number of aliphatic hydroxyl groups is 1. The molecule has 0 atom stereocenters. The van der Waals surface area contributed by atoms with Crippen molar-refractivity contribution in [3.63, 3.8) is 0 Å². The van der Waals surface area contributed by atoms with Crippen LogP contribution in [0, 0.1) is 0 Å². The van der Waals surface area contributed by atoms with Crippen molar-refractivity contribution in [3.8, 4) is 5.88 Å². The van der Waals surface area contributed by atoms with E-state index in [2.05, 4.69) is 10.3 Å². The molecule has 2 heterocycles. The van der Waals surface area contributed by atoms with E-state index in [4.69, 9.17) is 26.2 Å². The lowest BCUT2D eigenvalue weighted by molar-refractivity contribution is 0.0238. The van der Waals surface area contributed by atoms with Crippen molar-refractivity contribution in [1.82, 2.24) is 10.3 Å². The fourth-order valence-corrected chi connectivity index (χ4v) is 2.18. The van der Waals surface area contributed by atoms with E-state index in [0.29, 0.717) is 42.6 Å². The Labute approximate surface area is 128 Å². The molecular weight excluding hydrogens is 296 g/mol. The molecule has 21 heavy (non-hydrogen) atoms. The van der Waals surface area contributed by atoms with Crippen molar-refractivity contribution < 1.29 is 19.4 Å². The predicted octanol–water partition coefficient (Wildman–Crippen LogP) is 1.40. The summed E-state index contributed by atoms with van der Waals surface area (Å²) in [6.45, 7) is 1.80. The van der Waals surface area contributed by atoms with E-state index < -0.39 is 0 Å². The minimum atomic E-state index is -0.268. The van der Waals surface area contributed by atoms with E-state index in [1.807, 2.05) is 0 Å². The van der Waals surface area contributed by atoms with E-state index >= 15 is 0 Å². The average Bonchev–Trinajstić information content (AvgIpc) is 2.50. The summed E-state index contributed by atoms with van der Waals surface area (Å²) in [5, 5.41) is 11.7. The average molecular weight is 315 g/mol. The number of aliphatic hydroxyl groups excluding tert-OH is 1. The highest BCUT2D eigenvalue weighted by molar-refractivity contribution is 6.32. The van der Waals surface area contributed by atoms with Gasteiger partial charge in [0.05, 0.1) is 18.8 Å². The second kappa shape index (κ2) is 8.17. The molecule has 2 N–H and O–H groups in total. The maximum atomic E-state index is 11.8. The molecule has 0 spiro atoms. The molecule has 1 amide bonds. The lowest BCUT2D eigenvalue weighted by atomic mass is 10.1. The third-order valence-electron chi connectivity index (χ3n) is 3.14. The van der Waals surface area contributed by atoms with E-state index in [1.54, 1.807) is 0 Å². The predicted molar refractivity (Wildman–Crippen MR) is 77.8 cm³/mol. The smallest absolute Gasteiger partial charge is 0.252 e. The second-order valence-electron chi connectivity index (χ2n) is 4.77. The molecule has 1 aromatic rings. The fraction of sp³-hybridized carbons (Fsp3) is 0.571. The van der Waals surface area contributed by atoms with Crippen LogP contribution in [-0.2, 0) is 4.74 Å². The Morgan fingerprint density at radius 1 is 1.52 bits per heavy atom. The van der Waals surface area contributed by atoms with Gasteiger partial charge in [-0.3, -0.25) is 4.79 Å². The molecule has 0 radical (unpaired) electrons. The van der Waals surface area contributed by atoms with Gasteiger partial charge in [-0.2, -0.15) is 0 Å². The molecule has 0 saturated carbocycles. The van der Waals surface area contributed by atoms with Crippen LogP contribution in [0.15, 0.2) is 12.3 Å². The highest BCUT2D eigenvalue weighted by Crippen LogP contribution is 2.25. The van der Waals surface area contributed by atoms with Crippen LogP contribution in [0.4, 0.5) is 0 Å². The number of rotatable bonds is 6. The van der Waals surface area contributed by atoms with Crippen LogP contribution < -0.4 is 10.1 Å². The molecule has 1 aliphatic heterocycles. The summed E-state index contributed by atoms with van der Waals surface area (Å²) < 4.78 is 11.0. The van der Waals surface area contributed by atoms with Gasteiger partial charge in [-0.15, -0.1) is 0 Å². The van der Waals surface area contributed by atoms with Crippen LogP contribution in [0.25, 0.3) is 0 Å². The summed E-state index contributed by atoms with van der Waals surface area (Å²) >= 11 is 6.12. The van der Waals surface area contributed by atoms with Gasteiger partial charge in [0.2, 0.25) is 5.88 Å². The Hall–Kier alpha value is -1.37. The van der Waals surface area contributed by atoms with Crippen LogP contribution >= 0.6 is 11.6 Å². The fourth-order valence-electron chi connectivity index (χ4n) is 1.97. The molecule has 0 aromatic carbocycles. The highest BCUT2D eigenvalue weighted by atomic mass is 35.5. The van der Waals surface area contributed by atoms with Gasteiger partial charge in [-0.1, -0.05) is 11.6 Å². The minimum Gasteiger partial charge on any atom is -0.473 e. The van der Waals surface area contributed by atoms with E-state index in [9.17, 15) is 4.79 Å². The maximum Gasteiger partial charge on any atom is 0.252 e. The molecule has 0 aliphatic carbocycles. The summed E-state index contributed by atoms with van der Waals surface area (Å²) in [5.41, 5.74) is 0.372. The number of nitrogens with zero attached hydrogens (tertiary/aromatic N) is 1. The molecule has 2 rings (SSSR count). The van der Waals surface area contributed by atoms with Gasteiger partial charge < -0.3 is 19.9 Å². The Bertz CT molecular complexity index is 478. The van der Waals surface area contributed by atoms with E-state index in [1.165, 1.54) is 12.3 Å². The van der Waals surface area contributed by atoms with Crippen molar-refractivity contribution in [2.75, 3.05) is 26.4 Å². The van der Waals surface area contributed by atoms with Crippen LogP contribution in [0.2, 0.25) is 5.02 Å². The van der Waals surface area contributed by atoms with Crippen molar-refractivity contribution in [1.29, 1.82) is 0 Å². The normalized spacial score (nSPS) is 15.7. The number of carbonyl (C=O) groups is 1. The number of nitrogens with one attached hydrogen (secondary N) is 1. The molecule has 1 saturated heterocycles. The first kappa shape index (κ1) is 16.0. The Balaban J connectivity index is 1.94. The van der Waals surface area contributed by atoms with Crippen LogP contribution in [0.3, 0.4) is 0 Å². The third-order valence-corrected chi connectivity index (χ3v) is 3.41. The van der Waals surface area contributed by atoms with Gasteiger partial charge in [0, 0.05) is 32.2 Å². The van der Waals surface area contributed by atoms with Crippen molar-refractivity contribution in [2.45, 2.75) is 25.4 Å². The zero-order chi connectivity index (χ0) is 15.1. The number of hydrogen-bond acceptors (Lipinski definition) is 5. The maximum absolute atomic E-state index is 11.8. The third kappa shape index (κ3) is 4.84. The second-order valence-corrected chi connectivity index (χ2v) is 5.18. The highest BCUT2D eigenvalue weighted by Gasteiger charge is 2.18. The number of halogens is 1. The Morgan fingerprint density at radius 3 is 2.95 bits per heavy atom. The largest absolute Gasteiger partial charge is 0.473 e. The first-order valence-corrected chi connectivity index (χ1v) is 7.37. The lowest BCUT2D eigenvalue weighted by Crippen LogP contribution is -2.27. The number of pyridine rings is 1. The standard InChI is InChI=1S/C14H19ClN2O4/c15-12-8-10(13(19)16-4-1-5-18)9-17-14(12)21-11-2-6-20-7-3-11/h8-9,11,18H,1-7H2,(H,16,19). The quantitative estimate of drug-likeness (QED) is 0.776. The number of aromatic nitrogens is 1. The number of carbonyl (C=O) groups excluding carboxylic acids is 1. The molecule has 7 heteroatoms. The number of hydrogen-bond donors (Lipinski definition) is 2. The van der Waals surface area contributed by atoms with Gasteiger partial charge in [0.15, 0.2) is 0 Å². The molecule has 1 fully saturated rings. The van der Waals surface area contributed by atoms with Crippen LogP contribution in [0.5, 0.6) is 5.88 Å². The van der Waals surface area contributed by atoms with Crippen molar-refractivity contribution in [2.24, 2.45) is 0 Å². The molecule has 116 valence electrons. The SMILES string of the molecule is O=C(NCCCO)c1cnc(OC2CCOCC2)c(Cl)c1. The van der Waals surface area contributed by atoms with Crippen molar-refractivity contribution >= 4 is 17.5 Å². The van der Waals surface area contributed by atoms with Gasteiger partial charge in [-0.05, 0) is 12.5 Å².